The highest BCUT2D eigenvalue weighted by Crippen LogP contribution is 2.30. The summed E-state index contributed by atoms with van der Waals surface area (Å²) in [4.78, 5) is 61.4. The smallest absolute Gasteiger partial charge is 0.433 e. The summed E-state index contributed by atoms with van der Waals surface area (Å²) < 4.78 is 55.1. The quantitative estimate of drug-likeness (QED) is 0.256. The highest BCUT2D eigenvalue weighted by molar-refractivity contribution is 5.84. The number of carbonyl (C=O) groups is 4. The van der Waals surface area contributed by atoms with Crippen LogP contribution in [0.3, 0.4) is 0 Å². The van der Waals surface area contributed by atoms with Crippen molar-refractivity contribution in [2.24, 2.45) is 11.8 Å². The average molecular weight is 647 g/mol. The van der Waals surface area contributed by atoms with E-state index in [1.54, 1.807) is 18.9 Å². The summed E-state index contributed by atoms with van der Waals surface area (Å²) in [6.07, 6.45) is -3.18. The number of nitrogens with one attached hydrogen (secondary N) is 2. The fraction of sp³-hybridized carbons (Fsp3) is 0.724. The Morgan fingerprint density at radius 3 is 2.40 bits per heavy atom. The number of hydrogen-bond acceptors (Lipinski definition) is 10. The summed E-state index contributed by atoms with van der Waals surface area (Å²) >= 11 is 0. The lowest BCUT2D eigenvalue weighted by Gasteiger charge is -2.39. The molecule has 1 aliphatic rings. The van der Waals surface area contributed by atoms with E-state index < -0.39 is 59.9 Å². The Bertz CT molecular complexity index is 1160. The maximum Gasteiger partial charge on any atom is 0.433 e. The number of amides is 3. The van der Waals surface area contributed by atoms with Gasteiger partial charge in [-0.3, -0.25) is 19.2 Å². The molecule has 0 spiro atoms. The molecule has 16 heteroatoms. The van der Waals surface area contributed by atoms with Gasteiger partial charge in [0.1, 0.15) is 12.2 Å². The third kappa shape index (κ3) is 10.2. The van der Waals surface area contributed by atoms with Crippen LogP contribution in [0.5, 0.6) is 0 Å². The summed E-state index contributed by atoms with van der Waals surface area (Å²) in [5.74, 6) is -2.83. The standard InChI is InChI=1S/C29H45F3N6O7/c1-8-17(2)25(37(4)23(40)15-35-28-33-12-11-21(36-28)29(30,31)32)20(43-5)14-22(39)38-13-9-10-19(38)26(45-7)18(3)27(42)34-16-24(41)44-6/h11-12,17-20,25-26H,8-10,13-16H2,1-7H3,(H,34,42)(H,33,35,36)/t17-,18+,19-,20+,25-,26+/m0/s1. The lowest BCUT2D eigenvalue weighted by molar-refractivity contribution is -0.146. The summed E-state index contributed by atoms with van der Waals surface area (Å²) in [6, 6.07) is -0.224. The van der Waals surface area contributed by atoms with Gasteiger partial charge in [-0.1, -0.05) is 27.2 Å². The van der Waals surface area contributed by atoms with E-state index in [1.165, 1.54) is 26.2 Å². The number of alkyl halides is 3. The molecule has 1 aromatic rings. The Kier molecular flexibility index (Phi) is 14.4. The van der Waals surface area contributed by atoms with Gasteiger partial charge in [-0.05, 0) is 24.8 Å². The molecule has 3 amide bonds. The van der Waals surface area contributed by atoms with E-state index in [0.717, 1.165) is 12.3 Å². The molecule has 2 heterocycles. The van der Waals surface area contributed by atoms with Gasteiger partial charge in [0.25, 0.3) is 0 Å². The van der Waals surface area contributed by atoms with Crippen LogP contribution in [0.2, 0.25) is 0 Å². The van der Waals surface area contributed by atoms with Crippen molar-refractivity contribution in [2.45, 2.75) is 76.9 Å². The number of likely N-dealkylation sites (tertiary alicyclic amines) is 1. The van der Waals surface area contributed by atoms with Gasteiger partial charge < -0.3 is 34.6 Å². The molecule has 0 bridgehead atoms. The van der Waals surface area contributed by atoms with Gasteiger partial charge in [0.15, 0.2) is 0 Å². The zero-order valence-electron chi connectivity index (χ0n) is 26.8. The normalized spacial score (nSPS) is 18.4. The second-order valence-electron chi connectivity index (χ2n) is 11.1. The van der Waals surface area contributed by atoms with E-state index >= 15 is 0 Å². The van der Waals surface area contributed by atoms with Crippen LogP contribution < -0.4 is 10.6 Å². The topological polar surface area (TPSA) is 152 Å². The number of hydrogen-bond donors (Lipinski definition) is 2. The molecular formula is C29H45F3N6O7. The van der Waals surface area contributed by atoms with Crippen LogP contribution in [0.25, 0.3) is 0 Å². The van der Waals surface area contributed by atoms with Crippen LogP contribution in [0.15, 0.2) is 12.3 Å². The molecule has 0 aromatic carbocycles. The fourth-order valence-electron chi connectivity index (χ4n) is 5.60. The van der Waals surface area contributed by atoms with Crippen LogP contribution in [0.4, 0.5) is 19.1 Å². The first-order valence-corrected chi connectivity index (χ1v) is 14.8. The van der Waals surface area contributed by atoms with Crippen LogP contribution in [0.1, 0.15) is 52.1 Å². The summed E-state index contributed by atoms with van der Waals surface area (Å²) in [6.45, 7) is 5.30. The number of esters is 1. The maximum atomic E-state index is 13.7. The van der Waals surface area contributed by atoms with Gasteiger partial charge in [0, 0.05) is 34.0 Å². The SMILES string of the molecule is CC[C@H](C)[C@@H]([C@@H](CC(=O)N1CCC[C@H]1[C@H](OC)[C@@H](C)C(=O)NCC(=O)OC)OC)N(C)C(=O)CNc1nccc(C(F)(F)F)n1. The van der Waals surface area contributed by atoms with E-state index in [1.807, 2.05) is 13.8 Å². The number of methoxy groups -OCH3 is 3. The first-order chi connectivity index (χ1) is 21.2. The van der Waals surface area contributed by atoms with Crippen molar-refractivity contribution in [2.75, 3.05) is 53.3 Å². The molecule has 1 fully saturated rings. The molecule has 0 saturated carbocycles. The molecule has 0 unspecified atom stereocenters. The van der Waals surface area contributed by atoms with E-state index in [4.69, 9.17) is 9.47 Å². The molecule has 1 aliphatic heterocycles. The zero-order chi connectivity index (χ0) is 33.9. The molecule has 1 aromatic heterocycles. The van der Waals surface area contributed by atoms with Crippen molar-refractivity contribution in [3.05, 3.63) is 18.0 Å². The molecule has 45 heavy (non-hydrogen) atoms. The van der Waals surface area contributed by atoms with E-state index in [2.05, 4.69) is 25.3 Å². The lowest BCUT2D eigenvalue weighted by atomic mass is 9.90. The zero-order valence-corrected chi connectivity index (χ0v) is 26.8. The van der Waals surface area contributed by atoms with Crippen molar-refractivity contribution in [3.8, 4) is 0 Å². The first kappa shape index (κ1) is 37.7. The molecule has 2 N–H and O–H groups in total. The molecule has 6 atom stereocenters. The third-order valence-electron chi connectivity index (χ3n) is 8.28. The molecule has 0 aliphatic carbocycles. The van der Waals surface area contributed by atoms with Crippen LogP contribution >= 0.6 is 0 Å². The first-order valence-electron chi connectivity index (χ1n) is 14.8. The molecule has 2 rings (SSSR count). The van der Waals surface area contributed by atoms with Gasteiger partial charge in [0.2, 0.25) is 23.7 Å². The predicted molar refractivity (Wildman–Crippen MR) is 157 cm³/mol. The van der Waals surface area contributed by atoms with Gasteiger partial charge in [-0.2, -0.15) is 13.2 Å². The Labute approximate surface area is 261 Å². The summed E-state index contributed by atoms with van der Waals surface area (Å²) in [7, 11) is 5.69. The van der Waals surface area contributed by atoms with Crippen molar-refractivity contribution >= 4 is 29.6 Å². The van der Waals surface area contributed by atoms with E-state index in [0.29, 0.717) is 25.8 Å². The van der Waals surface area contributed by atoms with Gasteiger partial charge >= 0.3 is 12.1 Å². The lowest BCUT2D eigenvalue weighted by Crippen LogP contribution is -2.54. The second-order valence-corrected chi connectivity index (χ2v) is 11.1. The number of anilines is 1. The van der Waals surface area contributed by atoms with E-state index in [9.17, 15) is 32.3 Å². The van der Waals surface area contributed by atoms with Gasteiger partial charge in [-0.25, -0.2) is 9.97 Å². The van der Waals surface area contributed by atoms with Crippen LogP contribution in [-0.2, 0) is 39.6 Å². The average Bonchev–Trinajstić information content (AvgIpc) is 3.51. The highest BCUT2D eigenvalue weighted by atomic mass is 19.4. The predicted octanol–water partition coefficient (Wildman–Crippen LogP) is 2.12. The minimum absolute atomic E-state index is 0.0663. The Balaban J connectivity index is 2.15. The number of rotatable bonds is 16. The van der Waals surface area contributed by atoms with E-state index in [-0.39, 0.29) is 37.3 Å². The number of carbonyl (C=O) groups excluding carboxylic acids is 4. The van der Waals surface area contributed by atoms with Gasteiger partial charge in [-0.15, -0.1) is 0 Å². The van der Waals surface area contributed by atoms with Crippen LogP contribution in [-0.4, -0.2) is 116 Å². The number of ether oxygens (including phenoxy) is 3. The Morgan fingerprint density at radius 2 is 1.82 bits per heavy atom. The molecule has 13 nitrogen and oxygen atoms in total. The molecule has 1 saturated heterocycles. The minimum atomic E-state index is -4.66. The fourth-order valence-corrected chi connectivity index (χ4v) is 5.60. The largest absolute Gasteiger partial charge is 0.468 e. The minimum Gasteiger partial charge on any atom is -0.468 e. The molecular weight excluding hydrogens is 601 g/mol. The molecule has 254 valence electrons. The van der Waals surface area contributed by atoms with Crippen LogP contribution in [0, 0.1) is 11.8 Å². The number of likely N-dealkylation sites (N-methyl/N-ethyl adjacent to an activating group) is 1. The number of aromatic nitrogens is 2. The summed E-state index contributed by atoms with van der Waals surface area (Å²) in [5.41, 5.74) is -1.14. The van der Waals surface area contributed by atoms with Crippen molar-refractivity contribution in [3.63, 3.8) is 0 Å². The Hall–Kier alpha value is -3.53. The number of nitrogens with zero attached hydrogens (tertiary/aromatic N) is 4. The molecule has 0 radical (unpaired) electrons. The van der Waals surface area contributed by atoms with Gasteiger partial charge in [0.05, 0.1) is 50.3 Å². The monoisotopic (exact) mass is 646 g/mol. The van der Waals surface area contributed by atoms with Crippen molar-refractivity contribution < 1.29 is 46.6 Å². The Morgan fingerprint density at radius 1 is 1.13 bits per heavy atom. The highest BCUT2D eigenvalue weighted by Gasteiger charge is 2.42. The van der Waals surface area contributed by atoms with Crippen molar-refractivity contribution in [1.29, 1.82) is 0 Å². The third-order valence-corrected chi connectivity index (χ3v) is 8.28. The number of halogens is 3. The maximum absolute atomic E-state index is 13.7. The second kappa shape index (κ2) is 17.2. The van der Waals surface area contributed by atoms with Crippen molar-refractivity contribution in [1.82, 2.24) is 25.1 Å². The summed E-state index contributed by atoms with van der Waals surface area (Å²) in [5, 5.41) is 5.08.